The van der Waals surface area contributed by atoms with Gasteiger partial charge in [0, 0.05) is 32.8 Å². The van der Waals surface area contributed by atoms with E-state index in [-0.39, 0.29) is 36.1 Å². The van der Waals surface area contributed by atoms with E-state index in [1.54, 1.807) is 16.2 Å². The first-order chi connectivity index (χ1) is 10.5. The summed E-state index contributed by atoms with van der Waals surface area (Å²) in [5.41, 5.74) is 1.20. The summed E-state index contributed by atoms with van der Waals surface area (Å²) in [4.78, 5) is 16.1. The molecule has 0 bridgehead atoms. The van der Waals surface area contributed by atoms with E-state index in [1.807, 2.05) is 5.38 Å². The van der Waals surface area contributed by atoms with E-state index in [0.717, 1.165) is 6.54 Å². The van der Waals surface area contributed by atoms with Gasteiger partial charge in [-0.05, 0) is 22.4 Å². The molecule has 22 heavy (non-hydrogen) atoms. The SMILES string of the molecule is COCC(=O)N1CCN(Cc2ccsc2)[C@@H]2CS(=O)(=O)C[C@@H]21. The summed E-state index contributed by atoms with van der Waals surface area (Å²) in [6.07, 6.45) is 0. The van der Waals surface area contributed by atoms with Crippen LogP contribution in [0.1, 0.15) is 5.56 Å². The number of thiophene rings is 1. The molecule has 0 aromatic carbocycles. The Morgan fingerprint density at radius 1 is 1.36 bits per heavy atom. The molecule has 1 aromatic heterocycles. The monoisotopic (exact) mass is 344 g/mol. The number of ether oxygens (including phenoxy) is 1. The van der Waals surface area contributed by atoms with E-state index in [1.165, 1.54) is 12.7 Å². The van der Waals surface area contributed by atoms with E-state index < -0.39 is 9.84 Å². The minimum atomic E-state index is -3.10. The Labute approximate surface area is 134 Å². The highest BCUT2D eigenvalue weighted by Gasteiger charge is 2.47. The number of hydrogen-bond acceptors (Lipinski definition) is 6. The number of methoxy groups -OCH3 is 1. The molecule has 8 heteroatoms. The molecular formula is C14H20N2O4S2. The molecule has 0 unspecified atom stereocenters. The predicted octanol–water partition coefficient (Wildman–Crippen LogP) is 0.204. The van der Waals surface area contributed by atoms with Crippen molar-refractivity contribution in [3.63, 3.8) is 0 Å². The van der Waals surface area contributed by atoms with Gasteiger partial charge in [-0.3, -0.25) is 9.69 Å². The number of piperazine rings is 1. The number of nitrogens with zero attached hydrogens (tertiary/aromatic N) is 2. The Bertz CT molecular complexity index is 629. The number of carbonyl (C=O) groups is 1. The minimum absolute atomic E-state index is 0.00774. The molecule has 0 N–H and O–H groups in total. The summed E-state index contributed by atoms with van der Waals surface area (Å²) < 4.78 is 29.1. The lowest BCUT2D eigenvalue weighted by atomic mass is 10.0. The van der Waals surface area contributed by atoms with E-state index in [2.05, 4.69) is 16.3 Å². The molecule has 2 aliphatic rings. The van der Waals surface area contributed by atoms with Gasteiger partial charge in [-0.25, -0.2) is 8.42 Å². The highest BCUT2D eigenvalue weighted by Crippen LogP contribution is 2.28. The van der Waals surface area contributed by atoms with E-state index in [9.17, 15) is 13.2 Å². The van der Waals surface area contributed by atoms with E-state index in [0.29, 0.717) is 13.1 Å². The van der Waals surface area contributed by atoms with E-state index in [4.69, 9.17) is 4.74 Å². The third kappa shape index (κ3) is 3.19. The van der Waals surface area contributed by atoms with Crippen LogP contribution in [0.5, 0.6) is 0 Å². The fourth-order valence-electron chi connectivity index (χ4n) is 3.35. The molecule has 2 atom stereocenters. The molecule has 3 heterocycles. The summed E-state index contributed by atoms with van der Waals surface area (Å²) in [5.74, 6) is 0.0797. The van der Waals surface area contributed by atoms with Gasteiger partial charge in [-0.1, -0.05) is 0 Å². The topological polar surface area (TPSA) is 66.9 Å². The number of hydrogen-bond donors (Lipinski definition) is 0. The first-order valence-corrected chi connectivity index (χ1v) is 10.0. The summed E-state index contributed by atoms with van der Waals surface area (Å²) in [7, 11) is -1.62. The summed E-state index contributed by atoms with van der Waals surface area (Å²) >= 11 is 1.64. The van der Waals surface area contributed by atoms with Crippen molar-refractivity contribution in [1.82, 2.24) is 9.80 Å². The molecule has 0 radical (unpaired) electrons. The van der Waals surface area contributed by atoms with Crippen LogP contribution >= 0.6 is 11.3 Å². The molecule has 2 aliphatic heterocycles. The van der Waals surface area contributed by atoms with Crippen molar-refractivity contribution in [3.05, 3.63) is 22.4 Å². The molecule has 0 spiro atoms. The number of amides is 1. The minimum Gasteiger partial charge on any atom is -0.375 e. The Hall–Kier alpha value is -0.960. The quantitative estimate of drug-likeness (QED) is 0.781. The molecule has 6 nitrogen and oxygen atoms in total. The second-order valence-corrected chi connectivity index (χ2v) is 8.77. The highest BCUT2D eigenvalue weighted by molar-refractivity contribution is 7.91. The van der Waals surface area contributed by atoms with Gasteiger partial charge < -0.3 is 9.64 Å². The lowest BCUT2D eigenvalue weighted by Gasteiger charge is -2.43. The summed E-state index contributed by atoms with van der Waals surface area (Å²) in [6.45, 7) is 2.01. The van der Waals surface area contributed by atoms with Crippen LogP contribution in [0.3, 0.4) is 0 Å². The van der Waals surface area contributed by atoms with Crippen molar-refractivity contribution in [2.45, 2.75) is 18.6 Å². The molecule has 3 rings (SSSR count). The van der Waals surface area contributed by atoms with Gasteiger partial charge in [-0.15, -0.1) is 0 Å². The number of rotatable bonds is 4. The fourth-order valence-corrected chi connectivity index (χ4v) is 6.03. The Morgan fingerprint density at radius 2 is 2.14 bits per heavy atom. The van der Waals surface area contributed by atoms with Crippen LogP contribution in [-0.4, -0.2) is 74.5 Å². The van der Waals surface area contributed by atoms with Crippen LogP contribution in [-0.2, 0) is 25.9 Å². The average Bonchev–Trinajstić information content (AvgIpc) is 3.05. The Kier molecular flexibility index (Phi) is 4.54. The zero-order chi connectivity index (χ0) is 15.7. The van der Waals surface area contributed by atoms with Crippen LogP contribution in [0.2, 0.25) is 0 Å². The van der Waals surface area contributed by atoms with Gasteiger partial charge in [0.05, 0.1) is 17.5 Å². The normalized spacial score (nSPS) is 27.8. The van der Waals surface area contributed by atoms with Crippen LogP contribution in [0.25, 0.3) is 0 Å². The largest absolute Gasteiger partial charge is 0.375 e. The van der Waals surface area contributed by atoms with Gasteiger partial charge in [0.2, 0.25) is 5.91 Å². The molecule has 2 fully saturated rings. The van der Waals surface area contributed by atoms with Crippen LogP contribution in [0.4, 0.5) is 0 Å². The van der Waals surface area contributed by atoms with E-state index >= 15 is 0 Å². The molecule has 1 aromatic rings. The molecular weight excluding hydrogens is 324 g/mol. The molecule has 122 valence electrons. The third-order valence-corrected chi connectivity index (χ3v) is 6.78. The van der Waals surface area contributed by atoms with Crippen LogP contribution < -0.4 is 0 Å². The fraction of sp³-hybridized carbons (Fsp3) is 0.643. The Morgan fingerprint density at radius 3 is 2.82 bits per heavy atom. The summed E-state index contributed by atoms with van der Waals surface area (Å²) in [5, 5.41) is 4.11. The van der Waals surface area contributed by atoms with Gasteiger partial charge in [-0.2, -0.15) is 11.3 Å². The van der Waals surface area contributed by atoms with Crippen molar-refractivity contribution < 1.29 is 17.9 Å². The first-order valence-electron chi connectivity index (χ1n) is 7.24. The van der Waals surface area contributed by atoms with Gasteiger partial charge in [0.25, 0.3) is 0 Å². The first kappa shape index (κ1) is 15.9. The zero-order valence-electron chi connectivity index (χ0n) is 12.5. The number of sulfone groups is 1. The smallest absolute Gasteiger partial charge is 0.248 e. The summed E-state index contributed by atoms with van der Waals surface area (Å²) in [6, 6.07) is 1.70. The molecule has 2 saturated heterocycles. The van der Waals surface area contributed by atoms with Crippen molar-refractivity contribution >= 4 is 27.1 Å². The Balaban J connectivity index is 1.79. The van der Waals surface area contributed by atoms with Gasteiger partial charge in [0.1, 0.15) is 6.61 Å². The van der Waals surface area contributed by atoms with Crippen molar-refractivity contribution in [2.75, 3.05) is 38.3 Å². The van der Waals surface area contributed by atoms with Crippen molar-refractivity contribution in [3.8, 4) is 0 Å². The molecule has 1 amide bonds. The average molecular weight is 344 g/mol. The third-order valence-electron chi connectivity index (χ3n) is 4.34. The molecule has 0 aliphatic carbocycles. The van der Waals surface area contributed by atoms with Gasteiger partial charge >= 0.3 is 0 Å². The second kappa shape index (κ2) is 6.27. The lowest BCUT2D eigenvalue weighted by Crippen LogP contribution is -2.60. The molecule has 0 saturated carbocycles. The van der Waals surface area contributed by atoms with Crippen LogP contribution in [0.15, 0.2) is 16.8 Å². The van der Waals surface area contributed by atoms with Gasteiger partial charge in [0.15, 0.2) is 9.84 Å². The maximum atomic E-state index is 12.2. The maximum absolute atomic E-state index is 12.2. The van der Waals surface area contributed by atoms with Crippen molar-refractivity contribution in [2.24, 2.45) is 0 Å². The maximum Gasteiger partial charge on any atom is 0.248 e. The van der Waals surface area contributed by atoms with Crippen molar-refractivity contribution in [1.29, 1.82) is 0 Å². The second-order valence-electron chi connectivity index (χ2n) is 5.83. The lowest BCUT2D eigenvalue weighted by molar-refractivity contribution is -0.141. The number of carbonyl (C=O) groups excluding carboxylic acids is 1. The zero-order valence-corrected chi connectivity index (χ0v) is 14.1. The predicted molar refractivity (Wildman–Crippen MR) is 84.5 cm³/mol. The number of fused-ring (bicyclic) bond motifs is 1. The highest BCUT2D eigenvalue weighted by atomic mass is 32.2. The standard InChI is InChI=1S/C14H20N2O4S2/c1-20-7-14(17)16-4-3-15(6-11-2-5-21-8-11)12-9-22(18,19)10-13(12)16/h2,5,8,12-13H,3-4,6-7,9-10H2,1H3/t12-,13+/m1/s1. The van der Waals surface area contributed by atoms with Crippen LogP contribution in [0, 0.1) is 0 Å².